The summed E-state index contributed by atoms with van der Waals surface area (Å²) in [6.45, 7) is 6.98. The third-order valence-corrected chi connectivity index (χ3v) is 5.23. The molecule has 0 amide bonds. The number of aromatic nitrogens is 5. The summed E-state index contributed by atoms with van der Waals surface area (Å²) in [5.74, 6) is 0.947. The highest BCUT2D eigenvalue weighted by Gasteiger charge is 2.17. The Balaban J connectivity index is 1.70. The van der Waals surface area contributed by atoms with E-state index >= 15 is 0 Å². The van der Waals surface area contributed by atoms with Gasteiger partial charge >= 0.3 is 0 Å². The molecule has 26 heavy (non-hydrogen) atoms. The Kier molecular flexibility index (Phi) is 4.20. The molecule has 4 aromatic rings. The van der Waals surface area contributed by atoms with Crippen LogP contribution in [0.5, 0.6) is 0 Å². The average molecular weight is 368 g/mol. The first kappa shape index (κ1) is 16.7. The smallest absolute Gasteiger partial charge is 0.275 e. The molecular formula is C18H20N6OS. The summed E-state index contributed by atoms with van der Waals surface area (Å²) < 4.78 is 3.54. The normalized spacial score (nSPS) is 12.7. The Hall–Kier alpha value is -2.74. The van der Waals surface area contributed by atoms with Crippen LogP contribution in [0, 0.1) is 0 Å². The maximum atomic E-state index is 12.2. The number of nitrogens with zero attached hydrogens (tertiary/aromatic N) is 5. The first-order chi connectivity index (χ1) is 12.6. The van der Waals surface area contributed by atoms with Crippen LogP contribution in [-0.2, 0) is 13.0 Å². The topological polar surface area (TPSA) is 77.1 Å². The molecule has 7 nitrogen and oxygen atoms in total. The fourth-order valence-electron chi connectivity index (χ4n) is 3.10. The lowest BCUT2D eigenvalue weighted by molar-refractivity contribution is 0.672. The lowest BCUT2D eigenvalue weighted by Crippen LogP contribution is -2.16. The fraction of sp³-hybridized carbons (Fsp3) is 0.333. The van der Waals surface area contributed by atoms with Gasteiger partial charge in [-0.1, -0.05) is 30.4 Å². The number of fused-ring (bicyclic) bond motifs is 2. The van der Waals surface area contributed by atoms with Crippen LogP contribution in [0.4, 0.5) is 5.13 Å². The molecule has 1 N–H and O–H groups in total. The zero-order valence-electron chi connectivity index (χ0n) is 14.9. The van der Waals surface area contributed by atoms with Crippen LogP contribution in [0.25, 0.3) is 16.0 Å². The molecule has 0 spiro atoms. The number of benzene rings is 1. The number of hydrogen-bond acceptors (Lipinski definition) is 6. The molecule has 0 saturated carbocycles. The van der Waals surface area contributed by atoms with E-state index in [0.29, 0.717) is 10.1 Å². The molecule has 134 valence electrons. The van der Waals surface area contributed by atoms with E-state index in [1.54, 1.807) is 0 Å². The molecule has 1 unspecified atom stereocenters. The van der Waals surface area contributed by atoms with Gasteiger partial charge < -0.3 is 9.88 Å². The Morgan fingerprint density at radius 2 is 2.04 bits per heavy atom. The molecule has 0 bridgehead atoms. The van der Waals surface area contributed by atoms with Crippen LogP contribution < -0.4 is 10.9 Å². The lowest BCUT2D eigenvalue weighted by atomic mass is 10.3. The van der Waals surface area contributed by atoms with Gasteiger partial charge in [0, 0.05) is 18.3 Å². The molecule has 1 atom stereocenters. The summed E-state index contributed by atoms with van der Waals surface area (Å²) in [4.78, 5) is 22.0. The predicted molar refractivity (Wildman–Crippen MR) is 104 cm³/mol. The second-order valence-electron chi connectivity index (χ2n) is 6.11. The molecular weight excluding hydrogens is 348 g/mol. The Bertz CT molecular complexity index is 1140. The van der Waals surface area contributed by atoms with Crippen LogP contribution in [0.1, 0.15) is 38.3 Å². The van der Waals surface area contributed by atoms with E-state index in [0.717, 1.165) is 35.5 Å². The summed E-state index contributed by atoms with van der Waals surface area (Å²) >= 11 is 1.38. The summed E-state index contributed by atoms with van der Waals surface area (Å²) in [5.41, 5.74) is 2.73. The van der Waals surface area contributed by atoms with Crippen molar-refractivity contribution in [3.63, 3.8) is 0 Å². The first-order valence-corrected chi connectivity index (χ1v) is 9.53. The van der Waals surface area contributed by atoms with E-state index in [2.05, 4.69) is 33.0 Å². The summed E-state index contributed by atoms with van der Waals surface area (Å²) in [7, 11) is 0. The van der Waals surface area contributed by atoms with Crippen molar-refractivity contribution in [1.29, 1.82) is 0 Å². The molecule has 8 heteroatoms. The molecule has 0 fully saturated rings. The Labute approximate surface area is 154 Å². The van der Waals surface area contributed by atoms with E-state index in [4.69, 9.17) is 4.98 Å². The average Bonchev–Trinajstić information content (AvgIpc) is 3.22. The van der Waals surface area contributed by atoms with Crippen molar-refractivity contribution in [2.75, 3.05) is 5.32 Å². The van der Waals surface area contributed by atoms with Gasteiger partial charge in [-0.05, 0) is 32.4 Å². The maximum absolute atomic E-state index is 12.2. The fourth-order valence-corrected chi connectivity index (χ4v) is 4.01. The summed E-state index contributed by atoms with van der Waals surface area (Å²) in [5, 5.41) is 8.40. The number of nitrogens with one attached hydrogen (secondary N) is 1. The van der Waals surface area contributed by atoms with Gasteiger partial charge in [-0.25, -0.2) is 9.97 Å². The van der Waals surface area contributed by atoms with Gasteiger partial charge in [-0.3, -0.25) is 4.79 Å². The first-order valence-electron chi connectivity index (χ1n) is 8.72. The number of aryl methyl sites for hydroxylation is 2. The third-order valence-electron chi connectivity index (χ3n) is 4.39. The third kappa shape index (κ3) is 2.76. The van der Waals surface area contributed by atoms with E-state index < -0.39 is 0 Å². The van der Waals surface area contributed by atoms with Crippen LogP contribution >= 0.6 is 11.3 Å². The second-order valence-corrected chi connectivity index (χ2v) is 7.07. The minimum Gasteiger partial charge on any atom is -0.350 e. The predicted octanol–water partition coefficient (Wildman–Crippen LogP) is 3.26. The number of imidazole rings is 1. The zero-order chi connectivity index (χ0) is 18.3. The van der Waals surface area contributed by atoms with Crippen LogP contribution in [0.2, 0.25) is 0 Å². The number of hydrogen-bond donors (Lipinski definition) is 1. The zero-order valence-corrected chi connectivity index (χ0v) is 15.7. The molecule has 0 aliphatic carbocycles. The number of rotatable bonds is 5. The second kappa shape index (κ2) is 6.53. The van der Waals surface area contributed by atoms with Crippen molar-refractivity contribution in [3.05, 3.63) is 52.2 Å². The van der Waals surface area contributed by atoms with Crippen LogP contribution in [0.15, 0.2) is 35.1 Å². The lowest BCUT2D eigenvalue weighted by Gasteiger charge is -2.14. The summed E-state index contributed by atoms with van der Waals surface area (Å²) in [6, 6.07) is 9.60. The quantitative estimate of drug-likeness (QED) is 0.585. The number of anilines is 1. The maximum Gasteiger partial charge on any atom is 0.275 e. The molecule has 1 aromatic carbocycles. The van der Waals surface area contributed by atoms with Gasteiger partial charge in [0.25, 0.3) is 5.56 Å². The molecule has 4 rings (SSSR count). The van der Waals surface area contributed by atoms with Gasteiger partial charge in [0.1, 0.15) is 5.82 Å². The largest absolute Gasteiger partial charge is 0.350 e. The summed E-state index contributed by atoms with van der Waals surface area (Å²) in [6.07, 6.45) is 0.726. The van der Waals surface area contributed by atoms with Gasteiger partial charge in [0.2, 0.25) is 10.1 Å². The van der Waals surface area contributed by atoms with E-state index in [1.807, 2.05) is 32.0 Å². The molecule has 0 aliphatic rings. The monoisotopic (exact) mass is 368 g/mol. The number of para-hydroxylation sites is 2. The molecule has 0 radical (unpaired) electrons. The van der Waals surface area contributed by atoms with Gasteiger partial charge in [0.05, 0.1) is 17.1 Å². The van der Waals surface area contributed by atoms with Crippen molar-refractivity contribution in [3.8, 4) is 0 Å². The molecule has 0 saturated heterocycles. The van der Waals surface area contributed by atoms with Gasteiger partial charge in [-0.15, -0.1) is 5.10 Å². The van der Waals surface area contributed by atoms with Crippen molar-refractivity contribution < 1.29 is 0 Å². The molecule has 3 heterocycles. The van der Waals surface area contributed by atoms with Crippen molar-refractivity contribution in [2.24, 2.45) is 0 Å². The van der Waals surface area contributed by atoms with Crippen molar-refractivity contribution in [1.82, 2.24) is 24.1 Å². The van der Waals surface area contributed by atoms with Crippen LogP contribution in [0.3, 0.4) is 0 Å². The Morgan fingerprint density at radius 3 is 2.81 bits per heavy atom. The van der Waals surface area contributed by atoms with Crippen molar-refractivity contribution in [2.45, 2.75) is 39.8 Å². The Morgan fingerprint density at radius 1 is 1.23 bits per heavy atom. The standard InChI is InChI=1S/C18H20N6OS/c1-4-12-10-15(25)24-18(20-12)26-17(22-24)19-11(3)16-21-13-8-6-7-9-14(13)23(16)5-2/h6-11H,4-5H2,1-3H3,(H,19,22). The van der Waals surface area contributed by atoms with E-state index in [9.17, 15) is 4.79 Å². The van der Waals surface area contributed by atoms with Crippen LogP contribution in [-0.4, -0.2) is 24.1 Å². The molecule has 0 aliphatic heterocycles. The highest BCUT2D eigenvalue weighted by molar-refractivity contribution is 7.20. The highest BCUT2D eigenvalue weighted by atomic mass is 32.1. The van der Waals surface area contributed by atoms with E-state index in [1.165, 1.54) is 21.9 Å². The van der Waals surface area contributed by atoms with Crippen molar-refractivity contribution >= 4 is 32.5 Å². The van der Waals surface area contributed by atoms with E-state index in [-0.39, 0.29) is 11.6 Å². The highest BCUT2D eigenvalue weighted by Crippen LogP contribution is 2.25. The van der Waals surface area contributed by atoms with Gasteiger partial charge in [0.15, 0.2) is 0 Å². The van der Waals surface area contributed by atoms with Gasteiger partial charge in [-0.2, -0.15) is 4.52 Å². The molecule has 3 aromatic heterocycles. The minimum absolute atomic E-state index is 0.0516. The SMILES string of the molecule is CCc1cc(=O)n2nc(NC(C)c3nc4ccccc4n3CC)sc2n1. The minimum atomic E-state index is -0.149.